The number of benzene rings is 1. The Hall–Kier alpha value is -1.83. The Bertz CT molecular complexity index is 618. The number of quaternary nitrogens is 2. The predicted molar refractivity (Wildman–Crippen MR) is 109 cm³/mol. The van der Waals surface area contributed by atoms with E-state index in [-0.39, 0.29) is 11.8 Å². The fraction of sp³-hybridized carbons (Fsp3) is 0.600. The van der Waals surface area contributed by atoms with Crippen LogP contribution >= 0.6 is 11.6 Å². The van der Waals surface area contributed by atoms with Crippen molar-refractivity contribution in [3.63, 3.8) is 0 Å². The fourth-order valence-electron chi connectivity index (χ4n) is 3.29. The lowest BCUT2D eigenvalue weighted by Gasteiger charge is -2.32. The molecule has 1 fully saturated rings. The van der Waals surface area contributed by atoms with Gasteiger partial charge in [-0.25, -0.2) is 0 Å². The summed E-state index contributed by atoms with van der Waals surface area (Å²) in [5, 5.41) is 3.50. The zero-order valence-corrected chi connectivity index (χ0v) is 17.7. The topological polar surface area (TPSA) is 67.5 Å². The minimum Gasteiger partial charge on any atom is -0.488 e. The fourth-order valence-corrected chi connectivity index (χ4v) is 3.42. The van der Waals surface area contributed by atoms with Crippen molar-refractivity contribution in [2.24, 2.45) is 0 Å². The lowest BCUT2D eigenvalue weighted by Crippen LogP contribution is -3.16. The molecule has 1 aromatic carbocycles. The van der Waals surface area contributed by atoms with Gasteiger partial charge in [-0.2, -0.15) is 0 Å². The minimum atomic E-state index is 0.00195. The van der Waals surface area contributed by atoms with E-state index in [1.54, 1.807) is 0 Å². The minimum absolute atomic E-state index is 0.00195. The molecule has 1 saturated heterocycles. The molecular weight excluding hydrogens is 380 g/mol. The second kappa shape index (κ2) is 11.9. The molecule has 2 rings (SSSR count). The predicted octanol–water partition coefficient (Wildman–Crippen LogP) is -1.51. The molecule has 1 atom stereocenters. The highest BCUT2D eigenvalue weighted by atomic mass is 35.5. The quantitative estimate of drug-likeness (QED) is 0.437. The van der Waals surface area contributed by atoms with Crippen molar-refractivity contribution in [2.45, 2.75) is 13.8 Å². The Kier molecular flexibility index (Phi) is 9.54. The number of rotatable bonds is 10. The molecule has 8 heteroatoms. The number of carbonyl (C=O) groups excluding carboxylic acids is 2. The average Bonchev–Trinajstić information content (AvgIpc) is 2.69. The van der Waals surface area contributed by atoms with E-state index in [0.717, 1.165) is 49.9 Å². The molecule has 1 aliphatic heterocycles. The van der Waals surface area contributed by atoms with Crippen LogP contribution in [0, 0.1) is 0 Å². The van der Waals surface area contributed by atoms with E-state index in [2.05, 4.69) is 5.32 Å². The molecule has 0 aromatic heterocycles. The van der Waals surface area contributed by atoms with Crippen LogP contribution in [0.3, 0.4) is 0 Å². The van der Waals surface area contributed by atoms with Gasteiger partial charge < -0.3 is 24.8 Å². The van der Waals surface area contributed by atoms with Gasteiger partial charge in [0, 0.05) is 11.6 Å². The first-order valence-electron chi connectivity index (χ1n) is 10.1. The number of piperazine rings is 1. The van der Waals surface area contributed by atoms with Crippen LogP contribution in [-0.2, 0) is 9.59 Å². The summed E-state index contributed by atoms with van der Waals surface area (Å²) in [7, 11) is 0. The van der Waals surface area contributed by atoms with E-state index in [9.17, 15) is 9.59 Å². The highest BCUT2D eigenvalue weighted by Gasteiger charge is 2.26. The number of likely N-dealkylation sites (N-methyl/N-ethyl adjacent to an activating group) is 2. The maximum absolute atomic E-state index is 12.6. The van der Waals surface area contributed by atoms with Crippen LogP contribution < -0.4 is 19.9 Å². The summed E-state index contributed by atoms with van der Waals surface area (Å²) in [6.07, 6.45) is 0. The van der Waals surface area contributed by atoms with Crippen LogP contribution in [0.4, 0.5) is 0 Å². The first-order valence-corrected chi connectivity index (χ1v) is 10.5. The first-order chi connectivity index (χ1) is 13.5. The van der Waals surface area contributed by atoms with E-state index < -0.39 is 0 Å². The monoisotopic (exact) mass is 412 g/mol. The molecule has 1 unspecified atom stereocenters. The standard InChI is InChI=1S/C20H31ClN4O3/c1-3-22-19(26)15-23(4-2)16-20(27)25-11-9-24(10-12-25)13-14-28-18-7-5-17(21)6-8-18/h5-8H,3-4,9-16H2,1-2H3,(H,22,26)/p+2. The summed E-state index contributed by atoms with van der Waals surface area (Å²) in [5.41, 5.74) is 0. The summed E-state index contributed by atoms with van der Waals surface area (Å²) in [5.74, 6) is 0.965. The molecule has 156 valence electrons. The SMILES string of the molecule is CCNC(=O)C[NH+](CC)CC(=O)N1CC[NH+](CCOc2ccc(Cl)cc2)CC1. The van der Waals surface area contributed by atoms with E-state index in [0.29, 0.717) is 31.3 Å². The molecule has 28 heavy (non-hydrogen) atoms. The van der Waals surface area contributed by atoms with Gasteiger partial charge in [-0.05, 0) is 38.1 Å². The number of amides is 2. The normalized spacial score (nSPS) is 15.9. The number of carbonyl (C=O) groups is 2. The number of hydrogen-bond donors (Lipinski definition) is 3. The maximum atomic E-state index is 12.6. The van der Waals surface area contributed by atoms with Gasteiger partial charge in [0.15, 0.2) is 13.1 Å². The third kappa shape index (κ3) is 7.66. The van der Waals surface area contributed by atoms with Crippen molar-refractivity contribution in [3.8, 4) is 5.75 Å². The average molecular weight is 413 g/mol. The zero-order chi connectivity index (χ0) is 20.4. The lowest BCUT2D eigenvalue weighted by molar-refractivity contribution is -0.904. The number of ether oxygens (including phenoxy) is 1. The number of halogens is 1. The molecule has 7 nitrogen and oxygen atoms in total. The largest absolute Gasteiger partial charge is 0.488 e. The third-order valence-electron chi connectivity index (χ3n) is 5.05. The second-order valence-electron chi connectivity index (χ2n) is 7.09. The van der Waals surface area contributed by atoms with Crippen LogP contribution in [-0.4, -0.2) is 82.2 Å². The summed E-state index contributed by atoms with van der Waals surface area (Å²) in [6.45, 7) is 10.9. The molecule has 0 bridgehead atoms. The molecule has 1 heterocycles. The summed E-state index contributed by atoms with van der Waals surface area (Å²) in [4.78, 5) is 28.7. The van der Waals surface area contributed by atoms with Crippen molar-refractivity contribution in [1.29, 1.82) is 0 Å². The number of nitrogens with zero attached hydrogens (tertiary/aromatic N) is 1. The van der Waals surface area contributed by atoms with Crippen LogP contribution in [0.5, 0.6) is 5.75 Å². The Morgan fingerprint density at radius 2 is 1.86 bits per heavy atom. The van der Waals surface area contributed by atoms with Crippen molar-refractivity contribution in [1.82, 2.24) is 10.2 Å². The van der Waals surface area contributed by atoms with Gasteiger partial charge in [-0.3, -0.25) is 9.59 Å². The summed E-state index contributed by atoms with van der Waals surface area (Å²) < 4.78 is 5.76. The van der Waals surface area contributed by atoms with Crippen LogP contribution in [0.25, 0.3) is 0 Å². The van der Waals surface area contributed by atoms with Gasteiger partial charge in [-0.1, -0.05) is 11.6 Å². The summed E-state index contributed by atoms with van der Waals surface area (Å²) >= 11 is 5.87. The van der Waals surface area contributed by atoms with E-state index in [1.165, 1.54) is 4.90 Å². The molecule has 1 aromatic rings. The molecule has 0 saturated carbocycles. The smallest absolute Gasteiger partial charge is 0.278 e. The maximum Gasteiger partial charge on any atom is 0.278 e. The highest BCUT2D eigenvalue weighted by molar-refractivity contribution is 6.30. The van der Waals surface area contributed by atoms with Crippen LogP contribution in [0.15, 0.2) is 24.3 Å². The second-order valence-corrected chi connectivity index (χ2v) is 7.53. The van der Waals surface area contributed by atoms with E-state index in [1.807, 2.05) is 43.0 Å². The Balaban J connectivity index is 1.66. The van der Waals surface area contributed by atoms with Gasteiger partial charge in [-0.15, -0.1) is 0 Å². The van der Waals surface area contributed by atoms with E-state index in [4.69, 9.17) is 16.3 Å². The zero-order valence-electron chi connectivity index (χ0n) is 16.9. The van der Waals surface area contributed by atoms with Gasteiger partial charge in [0.1, 0.15) is 18.9 Å². The molecule has 3 N–H and O–H groups in total. The van der Waals surface area contributed by atoms with Crippen molar-refractivity contribution in [3.05, 3.63) is 29.3 Å². The van der Waals surface area contributed by atoms with Crippen molar-refractivity contribution < 1.29 is 24.1 Å². The lowest BCUT2D eigenvalue weighted by atomic mass is 10.3. The Labute approximate surface area is 172 Å². The first kappa shape index (κ1) is 22.5. The molecule has 1 aliphatic rings. The van der Waals surface area contributed by atoms with Crippen molar-refractivity contribution in [2.75, 3.05) is 65.5 Å². The summed E-state index contributed by atoms with van der Waals surface area (Å²) in [6, 6.07) is 7.39. The molecule has 0 aliphatic carbocycles. The van der Waals surface area contributed by atoms with Gasteiger partial charge in [0.2, 0.25) is 0 Å². The number of nitrogens with one attached hydrogen (secondary N) is 3. The number of hydrogen-bond acceptors (Lipinski definition) is 3. The molecular formula is C20H33ClN4O3+2. The third-order valence-corrected chi connectivity index (χ3v) is 5.30. The van der Waals surface area contributed by atoms with E-state index >= 15 is 0 Å². The molecule has 0 radical (unpaired) electrons. The molecule has 2 amide bonds. The van der Waals surface area contributed by atoms with Gasteiger partial charge in [0.25, 0.3) is 11.8 Å². The van der Waals surface area contributed by atoms with Gasteiger partial charge in [0.05, 0.1) is 32.7 Å². The highest BCUT2D eigenvalue weighted by Crippen LogP contribution is 2.14. The van der Waals surface area contributed by atoms with Crippen LogP contribution in [0.1, 0.15) is 13.8 Å². The Morgan fingerprint density at radius 1 is 1.18 bits per heavy atom. The van der Waals surface area contributed by atoms with Crippen LogP contribution in [0.2, 0.25) is 5.02 Å². The van der Waals surface area contributed by atoms with Crippen molar-refractivity contribution >= 4 is 23.4 Å². The Morgan fingerprint density at radius 3 is 2.46 bits per heavy atom. The van der Waals surface area contributed by atoms with Gasteiger partial charge >= 0.3 is 0 Å². The molecule has 0 spiro atoms.